The summed E-state index contributed by atoms with van der Waals surface area (Å²) in [6.45, 7) is 6.24. The summed E-state index contributed by atoms with van der Waals surface area (Å²) >= 11 is 0. The number of para-hydroxylation sites is 1. The maximum atomic E-state index is 12.4. The Morgan fingerprint density at radius 2 is 1.81 bits per heavy atom. The lowest BCUT2D eigenvalue weighted by Gasteiger charge is -2.23. The van der Waals surface area contributed by atoms with Crippen molar-refractivity contribution in [1.29, 1.82) is 0 Å². The van der Waals surface area contributed by atoms with Crippen LogP contribution in [0.2, 0.25) is 0 Å². The molecule has 0 saturated carbocycles. The van der Waals surface area contributed by atoms with Crippen molar-refractivity contribution in [3.05, 3.63) is 47.7 Å². The Labute approximate surface area is 125 Å². The molecule has 114 valence electrons. The first-order chi connectivity index (χ1) is 9.74. The van der Waals surface area contributed by atoms with E-state index >= 15 is 0 Å². The van der Waals surface area contributed by atoms with Crippen LogP contribution >= 0.6 is 0 Å². The van der Waals surface area contributed by atoms with Gasteiger partial charge in [-0.3, -0.25) is 4.72 Å². The molecule has 0 amide bonds. The van der Waals surface area contributed by atoms with Crippen LogP contribution in [0.25, 0.3) is 0 Å². The summed E-state index contributed by atoms with van der Waals surface area (Å²) in [5, 5.41) is -0.133. The van der Waals surface area contributed by atoms with Crippen molar-refractivity contribution in [3.8, 4) is 0 Å². The van der Waals surface area contributed by atoms with Gasteiger partial charge in [0.1, 0.15) is 5.76 Å². The van der Waals surface area contributed by atoms with E-state index in [0.717, 1.165) is 5.56 Å². The molecule has 0 unspecified atom stereocenters. The molecule has 0 saturated heterocycles. The Balaban J connectivity index is 2.38. The molecule has 0 bridgehead atoms. The third-order valence-corrected chi connectivity index (χ3v) is 4.32. The summed E-state index contributed by atoms with van der Waals surface area (Å²) in [6.07, 6.45) is 0. The zero-order valence-electron chi connectivity index (χ0n) is 12.4. The molecule has 3 N–H and O–H groups in total. The van der Waals surface area contributed by atoms with Gasteiger partial charge in [-0.05, 0) is 29.2 Å². The van der Waals surface area contributed by atoms with Gasteiger partial charge in [0.25, 0.3) is 10.0 Å². The van der Waals surface area contributed by atoms with Gasteiger partial charge >= 0.3 is 0 Å². The number of hydrogen-bond donors (Lipinski definition) is 2. The second kappa shape index (κ2) is 5.54. The summed E-state index contributed by atoms with van der Waals surface area (Å²) in [7, 11) is -3.76. The van der Waals surface area contributed by atoms with E-state index in [0.29, 0.717) is 11.4 Å². The minimum atomic E-state index is -3.76. The highest BCUT2D eigenvalue weighted by Crippen LogP contribution is 2.30. The third kappa shape index (κ3) is 3.46. The molecular formula is C15H20N2O3S. The Bertz CT molecular complexity index is 727. The molecule has 0 aliphatic carbocycles. The second-order valence-corrected chi connectivity index (χ2v) is 7.44. The predicted octanol–water partition coefficient (Wildman–Crippen LogP) is 2.84. The third-order valence-electron chi connectivity index (χ3n) is 3.08. The summed E-state index contributed by atoms with van der Waals surface area (Å²) < 4.78 is 32.5. The summed E-state index contributed by atoms with van der Waals surface area (Å²) in [4.78, 5) is 0. The number of nitrogens with one attached hydrogen (secondary N) is 1. The fourth-order valence-corrected chi connectivity index (χ4v) is 3.07. The van der Waals surface area contributed by atoms with Crippen molar-refractivity contribution < 1.29 is 12.8 Å². The molecule has 2 rings (SSSR count). The quantitative estimate of drug-likeness (QED) is 0.909. The minimum Gasteiger partial charge on any atom is -0.446 e. The SMILES string of the molecule is CC(C)(C)c1ccccc1NS(=O)(=O)c1ccc(CN)o1. The van der Waals surface area contributed by atoms with Gasteiger partial charge in [-0.25, -0.2) is 0 Å². The molecule has 0 fully saturated rings. The van der Waals surface area contributed by atoms with Crippen LogP contribution in [-0.2, 0) is 22.0 Å². The van der Waals surface area contributed by atoms with Crippen molar-refractivity contribution in [1.82, 2.24) is 0 Å². The second-order valence-electron chi connectivity index (χ2n) is 5.83. The zero-order chi connectivity index (χ0) is 15.7. The predicted molar refractivity (Wildman–Crippen MR) is 82.5 cm³/mol. The van der Waals surface area contributed by atoms with E-state index in [1.807, 2.05) is 32.9 Å². The van der Waals surface area contributed by atoms with Crippen molar-refractivity contribution in [2.45, 2.75) is 37.8 Å². The number of rotatable bonds is 4. The fourth-order valence-electron chi connectivity index (χ4n) is 2.03. The van der Waals surface area contributed by atoms with Crippen molar-refractivity contribution >= 4 is 15.7 Å². The lowest BCUT2D eigenvalue weighted by molar-refractivity contribution is 0.417. The van der Waals surface area contributed by atoms with Gasteiger partial charge in [0.15, 0.2) is 0 Å². The Hall–Kier alpha value is -1.79. The maximum Gasteiger partial charge on any atom is 0.295 e. The molecule has 5 nitrogen and oxygen atoms in total. The van der Waals surface area contributed by atoms with Crippen LogP contribution in [0.15, 0.2) is 45.9 Å². The van der Waals surface area contributed by atoms with Crippen molar-refractivity contribution in [3.63, 3.8) is 0 Å². The number of nitrogens with two attached hydrogens (primary N) is 1. The number of anilines is 1. The van der Waals surface area contributed by atoms with E-state index in [1.165, 1.54) is 6.07 Å². The zero-order valence-corrected chi connectivity index (χ0v) is 13.2. The largest absolute Gasteiger partial charge is 0.446 e. The van der Waals surface area contributed by atoms with Gasteiger partial charge < -0.3 is 10.2 Å². The Kier molecular flexibility index (Phi) is 4.11. The highest BCUT2D eigenvalue weighted by Gasteiger charge is 2.23. The maximum absolute atomic E-state index is 12.4. The number of sulfonamides is 1. The topological polar surface area (TPSA) is 85.3 Å². The van der Waals surface area contributed by atoms with Crippen LogP contribution in [-0.4, -0.2) is 8.42 Å². The van der Waals surface area contributed by atoms with E-state index in [4.69, 9.17) is 10.2 Å². The molecule has 1 heterocycles. The van der Waals surface area contributed by atoms with Crippen LogP contribution in [0.1, 0.15) is 32.1 Å². The molecular weight excluding hydrogens is 288 g/mol. The molecule has 0 radical (unpaired) electrons. The molecule has 1 aromatic carbocycles. The van der Waals surface area contributed by atoms with Gasteiger partial charge in [0, 0.05) is 0 Å². The Morgan fingerprint density at radius 3 is 2.38 bits per heavy atom. The van der Waals surface area contributed by atoms with E-state index < -0.39 is 10.0 Å². The van der Waals surface area contributed by atoms with Crippen LogP contribution < -0.4 is 10.5 Å². The standard InChI is InChI=1S/C15H20N2O3S/c1-15(2,3)12-6-4-5-7-13(12)17-21(18,19)14-9-8-11(10-16)20-14/h4-9,17H,10,16H2,1-3H3. The highest BCUT2D eigenvalue weighted by atomic mass is 32.2. The molecule has 0 spiro atoms. The lowest BCUT2D eigenvalue weighted by Crippen LogP contribution is -2.18. The van der Waals surface area contributed by atoms with Gasteiger partial charge in [-0.2, -0.15) is 8.42 Å². The molecule has 21 heavy (non-hydrogen) atoms. The van der Waals surface area contributed by atoms with E-state index in [2.05, 4.69) is 4.72 Å². The summed E-state index contributed by atoms with van der Waals surface area (Å²) in [5.74, 6) is 0.430. The first kappa shape index (κ1) is 15.6. The molecule has 1 aromatic heterocycles. The Morgan fingerprint density at radius 1 is 1.14 bits per heavy atom. The summed E-state index contributed by atoms with van der Waals surface area (Å²) in [5.41, 5.74) is 6.72. The molecule has 0 atom stereocenters. The first-order valence-corrected chi connectivity index (χ1v) is 8.13. The normalized spacial score (nSPS) is 12.4. The lowest BCUT2D eigenvalue weighted by atomic mass is 9.86. The van der Waals surface area contributed by atoms with E-state index in [1.54, 1.807) is 18.2 Å². The highest BCUT2D eigenvalue weighted by molar-refractivity contribution is 7.92. The van der Waals surface area contributed by atoms with Gasteiger partial charge in [0.2, 0.25) is 5.09 Å². The van der Waals surface area contributed by atoms with E-state index in [-0.39, 0.29) is 17.1 Å². The van der Waals surface area contributed by atoms with Gasteiger partial charge in [-0.15, -0.1) is 0 Å². The average Bonchev–Trinajstić information content (AvgIpc) is 2.87. The minimum absolute atomic E-state index is 0.133. The van der Waals surface area contributed by atoms with Crippen molar-refractivity contribution in [2.75, 3.05) is 4.72 Å². The van der Waals surface area contributed by atoms with Crippen LogP contribution in [0, 0.1) is 0 Å². The molecule has 0 aliphatic heterocycles. The smallest absolute Gasteiger partial charge is 0.295 e. The first-order valence-electron chi connectivity index (χ1n) is 6.65. The summed E-state index contributed by atoms with van der Waals surface area (Å²) in [6, 6.07) is 10.3. The van der Waals surface area contributed by atoms with Gasteiger partial charge in [-0.1, -0.05) is 39.0 Å². The van der Waals surface area contributed by atoms with Crippen LogP contribution in [0.5, 0.6) is 0 Å². The molecule has 2 aromatic rings. The number of furan rings is 1. The van der Waals surface area contributed by atoms with Crippen molar-refractivity contribution in [2.24, 2.45) is 5.73 Å². The van der Waals surface area contributed by atoms with Crippen LogP contribution in [0.3, 0.4) is 0 Å². The number of benzene rings is 1. The number of hydrogen-bond acceptors (Lipinski definition) is 4. The monoisotopic (exact) mass is 308 g/mol. The average molecular weight is 308 g/mol. The molecule has 0 aliphatic rings. The van der Waals surface area contributed by atoms with Gasteiger partial charge in [0.05, 0.1) is 12.2 Å². The molecule has 6 heteroatoms. The fraction of sp³-hybridized carbons (Fsp3) is 0.333. The van der Waals surface area contributed by atoms with Crippen LogP contribution in [0.4, 0.5) is 5.69 Å². The van der Waals surface area contributed by atoms with E-state index in [9.17, 15) is 8.42 Å².